The normalized spacial score (nSPS) is 14.9. The van der Waals surface area contributed by atoms with Gasteiger partial charge in [0.2, 0.25) is 0 Å². The molecule has 1 saturated heterocycles. The molecule has 6 nitrogen and oxygen atoms in total. The quantitative estimate of drug-likeness (QED) is 0.791. The van der Waals surface area contributed by atoms with Gasteiger partial charge >= 0.3 is 0 Å². The number of amides is 2. The lowest BCUT2D eigenvalue weighted by atomic mass is 10.2. The molecule has 1 fully saturated rings. The topological polar surface area (TPSA) is 63.1 Å². The highest BCUT2D eigenvalue weighted by atomic mass is 35.5. The van der Waals surface area contributed by atoms with Crippen LogP contribution in [0.5, 0.6) is 5.75 Å². The van der Waals surface area contributed by atoms with Gasteiger partial charge in [-0.05, 0) is 30.0 Å². The van der Waals surface area contributed by atoms with E-state index in [1.165, 1.54) is 11.3 Å². The van der Waals surface area contributed by atoms with Gasteiger partial charge in [-0.3, -0.25) is 9.59 Å². The molecule has 1 aromatic carbocycles. The maximum Gasteiger partial charge on any atom is 0.279 e. The fourth-order valence-corrected chi connectivity index (χ4v) is 3.95. The molecule has 1 aliphatic rings. The van der Waals surface area contributed by atoms with Crippen molar-refractivity contribution in [2.75, 3.05) is 45.2 Å². The lowest BCUT2D eigenvalue weighted by Gasteiger charge is -2.31. The third kappa shape index (κ3) is 4.80. The number of hydrogen-bond donors (Lipinski definition) is 2. The number of quaternary nitrogens is 1. The van der Waals surface area contributed by atoms with Crippen LogP contribution in [0.2, 0.25) is 5.02 Å². The Morgan fingerprint density at radius 1 is 1.33 bits per heavy atom. The Morgan fingerprint density at radius 3 is 2.70 bits per heavy atom. The van der Waals surface area contributed by atoms with Gasteiger partial charge in [0, 0.05) is 11.1 Å². The molecule has 2 aromatic rings. The van der Waals surface area contributed by atoms with Gasteiger partial charge in [0.15, 0.2) is 6.54 Å². The average Bonchev–Trinajstić information content (AvgIpc) is 3.19. The average molecular weight is 409 g/mol. The Morgan fingerprint density at radius 2 is 2.07 bits per heavy atom. The number of carbonyl (C=O) groups excluding carboxylic acids is 2. The van der Waals surface area contributed by atoms with Crippen LogP contribution in [-0.4, -0.2) is 56.5 Å². The molecule has 2 amide bonds. The van der Waals surface area contributed by atoms with Crippen molar-refractivity contribution in [2.24, 2.45) is 0 Å². The molecular weight excluding hydrogens is 386 g/mol. The second kappa shape index (κ2) is 8.73. The first-order valence-electron chi connectivity index (χ1n) is 8.78. The number of hydrogen-bond acceptors (Lipinski definition) is 4. The van der Waals surface area contributed by atoms with E-state index in [-0.39, 0.29) is 11.8 Å². The molecule has 0 atom stereocenters. The highest BCUT2D eigenvalue weighted by Crippen LogP contribution is 2.30. The summed E-state index contributed by atoms with van der Waals surface area (Å²) in [5.74, 6) is 0.540. The standard InChI is InChI=1S/C19H22ClN3O3S/c1-13-10-15(16(26-2)11-14(13)20)21-18(24)12-22-5-7-23(8-6-22)19(25)17-4-3-9-27-17/h3-4,9-11H,5-8,12H2,1-2H3,(H,21,24)/p+1. The van der Waals surface area contributed by atoms with Gasteiger partial charge in [-0.15, -0.1) is 11.3 Å². The molecule has 8 heteroatoms. The summed E-state index contributed by atoms with van der Waals surface area (Å²) in [5, 5.41) is 5.42. The van der Waals surface area contributed by atoms with Crippen molar-refractivity contribution >= 4 is 40.4 Å². The number of methoxy groups -OCH3 is 1. The van der Waals surface area contributed by atoms with Crippen LogP contribution in [-0.2, 0) is 4.79 Å². The molecule has 0 aliphatic carbocycles. The molecule has 0 saturated carbocycles. The maximum atomic E-state index is 12.4. The van der Waals surface area contributed by atoms with Gasteiger partial charge in [-0.1, -0.05) is 17.7 Å². The summed E-state index contributed by atoms with van der Waals surface area (Å²) in [6, 6.07) is 7.25. The summed E-state index contributed by atoms with van der Waals surface area (Å²) in [5.41, 5.74) is 1.50. The van der Waals surface area contributed by atoms with Crippen LogP contribution in [0.4, 0.5) is 5.69 Å². The lowest BCUT2D eigenvalue weighted by Crippen LogP contribution is -3.15. The van der Waals surface area contributed by atoms with Gasteiger partial charge in [-0.25, -0.2) is 0 Å². The van der Waals surface area contributed by atoms with Crippen molar-refractivity contribution in [3.8, 4) is 5.75 Å². The summed E-state index contributed by atoms with van der Waals surface area (Å²) in [7, 11) is 1.55. The number of ether oxygens (including phenoxy) is 1. The zero-order chi connectivity index (χ0) is 19.4. The number of halogens is 1. The molecule has 1 aliphatic heterocycles. The van der Waals surface area contributed by atoms with E-state index in [0.29, 0.717) is 36.1 Å². The van der Waals surface area contributed by atoms with E-state index in [1.54, 1.807) is 13.2 Å². The summed E-state index contributed by atoms with van der Waals surface area (Å²) < 4.78 is 5.30. The Kier molecular flexibility index (Phi) is 6.36. The Bertz CT molecular complexity index is 818. The summed E-state index contributed by atoms with van der Waals surface area (Å²) in [6.45, 7) is 5.05. The number of nitrogens with one attached hydrogen (secondary N) is 2. The first-order valence-corrected chi connectivity index (χ1v) is 10.0. The molecule has 2 heterocycles. The van der Waals surface area contributed by atoms with Crippen molar-refractivity contribution in [1.29, 1.82) is 0 Å². The van der Waals surface area contributed by atoms with Crippen molar-refractivity contribution in [3.63, 3.8) is 0 Å². The van der Waals surface area contributed by atoms with Crippen LogP contribution in [0.25, 0.3) is 0 Å². The van der Waals surface area contributed by atoms with Crippen molar-refractivity contribution in [1.82, 2.24) is 4.90 Å². The number of nitrogens with zero attached hydrogens (tertiary/aromatic N) is 1. The molecule has 0 bridgehead atoms. The van der Waals surface area contributed by atoms with Crippen LogP contribution in [0.3, 0.4) is 0 Å². The van der Waals surface area contributed by atoms with Gasteiger partial charge in [-0.2, -0.15) is 0 Å². The van der Waals surface area contributed by atoms with Crippen molar-refractivity contribution in [3.05, 3.63) is 45.1 Å². The number of anilines is 1. The minimum atomic E-state index is -0.0805. The highest BCUT2D eigenvalue weighted by molar-refractivity contribution is 7.12. The Hall–Kier alpha value is -2.09. The third-order valence-electron chi connectivity index (χ3n) is 4.66. The monoisotopic (exact) mass is 408 g/mol. The summed E-state index contributed by atoms with van der Waals surface area (Å²) in [6.07, 6.45) is 0. The number of aryl methyl sites for hydroxylation is 1. The number of piperazine rings is 1. The van der Waals surface area contributed by atoms with E-state index < -0.39 is 0 Å². The summed E-state index contributed by atoms with van der Waals surface area (Å²) >= 11 is 7.56. The first-order chi connectivity index (χ1) is 13.0. The fourth-order valence-electron chi connectivity index (χ4n) is 3.11. The second-order valence-electron chi connectivity index (χ2n) is 6.55. The number of carbonyl (C=O) groups is 2. The number of rotatable bonds is 5. The Balaban J connectivity index is 1.53. The summed E-state index contributed by atoms with van der Waals surface area (Å²) in [4.78, 5) is 28.6. The zero-order valence-electron chi connectivity index (χ0n) is 15.4. The first kappa shape index (κ1) is 19.7. The van der Waals surface area contributed by atoms with E-state index in [1.807, 2.05) is 35.4 Å². The van der Waals surface area contributed by atoms with Crippen LogP contribution in [0.1, 0.15) is 15.2 Å². The van der Waals surface area contributed by atoms with E-state index in [2.05, 4.69) is 5.32 Å². The molecule has 0 unspecified atom stereocenters. The fraction of sp³-hybridized carbons (Fsp3) is 0.368. The van der Waals surface area contributed by atoms with Crippen molar-refractivity contribution < 1.29 is 19.2 Å². The molecule has 27 heavy (non-hydrogen) atoms. The zero-order valence-corrected chi connectivity index (χ0v) is 17.0. The molecule has 0 spiro atoms. The van der Waals surface area contributed by atoms with Gasteiger partial charge in [0.1, 0.15) is 5.75 Å². The van der Waals surface area contributed by atoms with Crippen LogP contribution in [0.15, 0.2) is 29.6 Å². The van der Waals surface area contributed by atoms with Crippen LogP contribution >= 0.6 is 22.9 Å². The third-order valence-corrected chi connectivity index (χ3v) is 5.92. The Labute approximate surface area is 167 Å². The molecule has 0 radical (unpaired) electrons. The maximum absolute atomic E-state index is 12.4. The molecule has 3 rings (SSSR count). The van der Waals surface area contributed by atoms with Gasteiger partial charge in [0.05, 0.1) is 43.9 Å². The van der Waals surface area contributed by atoms with Crippen molar-refractivity contribution in [2.45, 2.75) is 6.92 Å². The SMILES string of the molecule is COc1cc(Cl)c(C)cc1NC(=O)C[NH+]1CCN(C(=O)c2cccs2)CC1. The van der Waals surface area contributed by atoms with E-state index in [4.69, 9.17) is 16.3 Å². The molecule has 2 N–H and O–H groups in total. The smallest absolute Gasteiger partial charge is 0.279 e. The van der Waals surface area contributed by atoms with E-state index in [9.17, 15) is 9.59 Å². The highest BCUT2D eigenvalue weighted by Gasteiger charge is 2.26. The molecular formula is C19H23ClN3O3S+. The van der Waals surface area contributed by atoms with Crippen LogP contribution in [0, 0.1) is 6.92 Å². The van der Waals surface area contributed by atoms with E-state index >= 15 is 0 Å². The largest absolute Gasteiger partial charge is 0.495 e. The van der Waals surface area contributed by atoms with E-state index in [0.717, 1.165) is 28.4 Å². The lowest BCUT2D eigenvalue weighted by molar-refractivity contribution is -0.895. The molecule has 144 valence electrons. The minimum Gasteiger partial charge on any atom is -0.495 e. The molecule has 1 aromatic heterocycles. The van der Waals surface area contributed by atoms with Gasteiger partial charge < -0.3 is 19.9 Å². The van der Waals surface area contributed by atoms with Gasteiger partial charge in [0.25, 0.3) is 11.8 Å². The number of benzene rings is 1. The van der Waals surface area contributed by atoms with Crippen LogP contribution < -0.4 is 15.0 Å². The minimum absolute atomic E-state index is 0.0786. The predicted molar refractivity (Wildman–Crippen MR) is 107 cm³/mol. The predicted octanol–water partition coefficient (Wildman–Crippen LogP) is 1.70. The second-order valence-corrected chi connectivity index (χ2v) is 7.90. The number of thiophene rings is 1.